The molecular formula is C11H13F3N2O2. The van der Waals surface area contributed by atoms with E-state index in [1.54, 1.807) is 29.7 Å². The van der Waals surface area contributed by atoms with Crippen LogP contribution in [0.3, 0.4) is 0 Å². The van der Waals surface area contributed by atoms with Crippen LogP contribution in [0.1, 0.15) is 5.56 Å². The molecule has 0 aliphatic carbocycles. The first-order valence-corrected chi connectivity index (χ1v) is 5.16. The molecule has 0 heterocycles. The predicted octanol–water partition coefficient (Wildman–Crippen LogP) is 1.17. The number of carbonyl (C=O) groups excluding carboxylic acids is 1. The second-order valence-corrected chi connectivity index (χ2v) is 3.67. The molecule has 0 fully saturated rings. The molecule has 0 spiro atoms. The van der Waals surface area contributed by atoms with Gasteiger partial charge in [0.1, 0.15) is 0 Å². The van der Waals surface area contributed by atoms with Crippen molar-refractivity contribution in [2.24, 2.45) is 5.73 Å². The van der Waals surface area contributed by atoms with Gasteiger partial charge in [0.25, 0.3) is 5.91 Å². The van der Waals surface area contributed by atoms with Gasteiger partial charge in [0.2, 0.25) is 0 Å². The number of nitrogens with one attached hydrogen (secondary N) is 1. The van der Waals surface area contributed by atoms with E-state index in [0.29, 0.717) is 0 Å². The van der Waals surface area contributed by atoms with E-state index in [1.165, 1.54) is 0 Å². The van der Waals surface area contributed by atoms with Crippen LogP contribution in [0.4, 0.5) is 13.2 Å². The van der Waals surface area contributed by atoms with Crippen molar-refractivity contribution in [2.75, 3.05) is 6.61 Å². The van der Waals surface area contributed by atoms with Crippen LogP contribution >= 0.6 is 0 Å². The van der Waals surface area contributed by atoms with E-state index in [9.17, 15) is 18.0 Å². The maximum absolute atomic E-state index is 11.7. The molecular weight excluding hydrogens is 249 g/mol. The Morgan fingerprint density at radius 3 is 2.50 bits per heavy atom. The number of halogens is 3. The topological polar surface area (TPSA) is 64.4 Å². The maximum atomic E-state index is 11.7. The van der Waals surface area contributed by atoms with E-state index in [-0.39, 0.29) is 6.42 Å². The van der Waals surface area contributed by atoms with Crippen molar-refractivity contribution in [1.29, 1.82) is 0 Å². The molecule has 0 aliphatic rings. The van der Waals surface area contributed by atoms with Crippen molar-refractivity contribution in [3.63, 3.8) is 0 Å². The number of rotatable bonds is 5. The highest BCUT2D eigenvalue weighted by molar-refractivity contribution is 5.80. The molecule has 0 bridgehead atoms. The van der Waals surface area contributed by atoms with E-state index >= 15 is 0 Å². The lowest BCUT2D eigenvalue weighted by Gasteiger charge is -2.13. The largest absolute Gasteiger partial charge is 0.414 e. The van der Waals surface area contributed by atoms with Gasteiger partial charge in [-0.2, -0.15) is 13.2 Å². The number of benzene rings is 1. The van der Waals surface area contributed by atoms with Gasteiger partial charge in [-0.05, 0) is 12.0 Å². The molecule has 7 heteroatoms. The van der Waals surface area contributed by atoms with Crippen LogP contribution in [0.5, 0.6) is 0 Å². The summed E-state index contributed by atoms with van der Waals surface area (Å²) in [5, 5.41) is 0. The van der Waals surface area contributed by atoms with Gasteiger partial charge in [-0.3, -0.25) is 9.63 Å². The average molecular weight is 262 g/mol. The molecule has 0 aromatic heterocycles. The average Bonchev–Trinajstić information content (AvgIpc) is 2.28. The van der Waals surface area contributed by atoms with Crippen LogP contribution in [-0.2, 0) is 16.1 Å². The Morgan fingerprint density at radius 2 is 1.94 bits per heavy atom. The minimum Gasteiger partial charge on any atom is -0.320 e. The molecule has 1 atom stereocenters. The van der Waals surface area contributed by atoms with Gasteiger partial charge in [-0.15, -0.1) is 0 Å². The molecule has 0 aliphatic heterocycles. The Hall–Kier alpha value is -1.60. The number of alkyl halides is 3. The summed E-state index contributed by atoms with van der Waals surface area (Å²) in [6.45, 7) is -1.54. The van der Waals surface area contributed by atoms with Crippen molar-refractivity contribution in [3.8, 4) is 0 Å². The molecule has 1 aromatic carbocycles. The highest BCUT2D eigenvalue weighted by atomic mass is 19.4. The summed E-state index contributed by atoms with van der Waals surface area (Å²) in [5.41, 5.74) is 8.02. The Labute approximate surface area is 102 Å². The Morgan fingerprint density at radius 1 is 1.33 bits per heavy atom. The SMILES string of the molecule is N[C@@H](Cc1ccccc1)C(=O)NOCC(F)(F)F. The number of hydrogen-bond donors (Lipinski definition) is 2. The third kappa shape index (κ3) is 5.65. The molecule has 100 valence electrons. The van der Waals surface area contributed by atoms with Gasteiger partial charge in [-0.1, -0.05) is 30.3 Å². The molecule has 3 N–H and O–H groups in total. The molecule has 0 unspecified atom stereocenters. The van der Waals surface area contributed by atoms with Crippen molar-refractivity contribution >= 4 is 5.91 Å². The number of hydroxylamine groups is 1. The molecule has 0 saturated heterocycles. The summed E-state index contributed by atoms with van der Waals surface area (Å²) < 4.78 is 35.2. The second-order valence-electron chi connectivity index (χ2n) is 3.67. The van der Waals surface area contributed by atoms with Gasteiger partial charge in [-0.25, -0.2) is 5.48 Å². The van der Waals surface area contributed by atoms with Gasteiger partial charge in [0.15, 0.2) is 6.61 Å². The first-order chi connectivity index (χ1) is 8.38. The highest BCUT2D eigenvalue weighted by Gasteiger charge is 2.28. The Kier molecular flexibility index (Phi) is 5.11. The van der Waals surface area contributed by atoms with E-state index in [2.05, 4.69) is 4.84 Å². The van der Waals surface area contributed by atoms with Crippen LogP contribution in [-0.4, -0.2) is 24.7 Å². The summed E-state index contributed by atoms with van der Waals surface area (Å²) >= 11 is 0. The number of hydrogen-bond acceptors (Lipinski definition) is 3. The zero-order valence-corrected chi connectivity index (χ0v) is 9.41. The van der Waals surface area contributed by atoms with Gasteiger partial charge in [0.05, 0.1) is 6.04 Å². The molecule has 0 saturated carbocycles. The van der Waals surface area contributed by atoms with Gasteiger partial charge < -0.3 is 5.73 Å². The maximum Gasteiger partial charge on any atom is 0.414 e. The third-order valence-electron chi connectivity index (χ3n) is 2.04. The quantitative estimate of drug-likeness (QED) is 0.783. The van der Waals surface area contributed by atoms with Crippen molar-refractivity contribution in [3.05, 3.63) is 35.9 Å². The monoisotopic (exact) mass is 262 g/mol. The van der Waals surface area contributed by atoms with Crippen LogP contribution in [0.2, 0.25) is 0 Å². The van der Waals surface area contributed by atoms with Gasteiger partial charge in [0, 0.05) is 0 Å². The second kappa shape index (κ2) is 6.36. The molecule has 1 amide bonds. The number of amides is 1. The molecule has 4 nitrogen and oxygen atoms in total. The normalized spacial score (nSPS) is 13.1. The fraction of sp³-hybridized carbons (Fsp3) is 0.364. The zero-order chi connectivity index (χ0) is 13.6. The van der Waals surface area contributed by atoms with Gasteiger partial charge >= 0.3 is 6.18 Å². The Bertz CT molecular complexity index is 382. The van der Waals surface area contributed by atoms with E-state index in [0.717, 1.165) is 5.56 Å². The summed E-state index contributed by atoms with van der Waals surface area (Å²) in [4.78, 5) is 15.3. The van der Waals surface area contributed by atoms with Crippen molar-refractivity contribution < 1.29 is 22.8 Å². The van der Waals surface area contributed by atoms with E-state index in [1.807, 2.05) is 6.07 Å². The van der Waals surface area contributed by atoms with E-state index < -0.39 is 24.7 Å². The fourth-order valence-electron chi connectivity index (χ4n) is 1.23. The summed E-state index contributed by atoms with van der Waals surface area (Å²) in [7, 11) is 0. The van der Waals surface area contributed by atoms with Crippen LogP contribution in [0, 0.1) is 0 Å². The molecule has 1 aromatic rings. The van der Waals surface area contributed by atoms with E-state index in [4.69, 9.17) is 5.73 Å². The van der Waals surface area contributed by atoms with Crippen molar-refractivity contribution in [2.45, 2.75) is 18.6 Å². The summed E-state index contributed by atoms with van der Waals surface area (Å²) in [6, 6.07) is 7.94. The summed E-state index contributed by atoms with van der Waals surface area (Å²) in [5.74, 6) is -0.789. The fourth-order valence-corrected chi connectivity index (χ4v) is 1.23. The number of carbonyl (C=O) groups is 1. The predicted molar refractivity (Wildman–Crippen MR) is 58.3 cm³/mol. The minimum atomic E-state index is -4.49. The standard InChI is InChI=1S/C11H13F3N2O2/c12-11(13,14)7-18-16-10(17)9(15)6-8-4-2-1-3-5-8/h1-5,9H,6-7,15H2,(H,16,17)/t9-/m0/s1. The highest BCUT2D eigenvalue weighted by Crippen LogP contribution is 2.13. The molecule has 0 radical (unpaired) electrons. The lowest BCUT2D eigenvalue weighted by atomic mass is 10.1. The lowest BCUT2D eigenvalue weighted by Crippen LogP contribution is -2.43. The molecule has 18 heavy (non-hydrogen) atoms. The Balaban J connectivity index is 2.34. The van der Waals surface area contributed by atoms with Crippen LogP contribution in [0.15, 0.2) is 30.3 Å². The lowest BCUT2D eigenvalue weighted by molar-refractivity contribution is -0.192. The van der Waals surface area contributed by atoms with Crippen molar-refractivity contribution in [1.82, 2.24) is 5.48 Å². The third-order valence-corrected chi connectivity index (χ3v) is 2.04. The van der Waals surface area contributed by atoms with Crippen LogP contribution in [0.25, 0.3) is 0 Å². The first-order valence-electron chi connectivity index (χ1n) is 5.16. The zero-order valence-electron chi connectivity index (χ0n) is 9.41. The molecule has 1 rings (SSSR count). The number of nitrogens with two attached hydrogens (primary N) is 1. The minimum absolute atomic E-state index is 0.224. The first kappa shape index (κ1) is 14.5. The smallest absolute Gasteiger partial charge is 0.320 e. The van der Waals surface area contributed by atoms with Crippen LogP contribution < -0.4 is 11.2 Å². The summed E-state index contributed by atoms with van der Waals surface area (Å²) in [6.07, 6.45) is -4.27.